The fourth-order valence-electron chi connectivity index (χ4n) is 1.71. The van der Waals surface area contributed by atoms with Crippen molar-refractivity contribution in [2.45, 2.75) is 0 Å². The van der Waals surface area contributed by atoms with E-state index in [4.69, 9.17) is 5.11 Å². The van der Waals surface area contributed by atoms with Gasteiger partial charge < -0.3 is 9.67 Å². The first-order chi connectivity index (χ1) is 8.90. The molecule has 0 aliphatic rings. The van der Waals surface area contributed by atoms with Crippen LogP contribution in [-0.4, -0.2) is 21.4 Å². The highest BCUT2D eigenvalue weighted by atomic mass is 19.2. The molecule has 2 aromatic rings. The Morgan fingerprint density at radius 1 is 1.11 bits per heavy atom. The molecule has 1 aromatic heterocycles. The van der Waals surface area contributed by atoms with Crippen molar-refractivity contribution < 1.29 is 23.5 Å². The molecule has 0 amide bonds. The van der Waals surface area contributed by atoms with Gasteiger partial charge in [-0.05, 0) is 24.3 Å². The SMILES string of the molecule is Cn1cc(C(=O)c2ccc(F)c(F)c2)cc1C(=O)O. The topological polar surface area (TPSA) is 59.3 Å². The molecule has 0 saturated carbocycles. The van der Waals surface area contributed by atoms with Crippen LogP contribution >= 0.6 is 0 Å². The molecule has 0 bridgehead atoms. The number of carbonyl (C=O) groups is 2. The number of carboxylic acid groups (broad SMARTS) is 1. The van der Waals surface area contributed by atoms with Crippen molar-refractivity contribution in [1.82, 2.24) is 4.57 Å². The third-order valence-corrected chi connectivity index (χ3v) is 2.67. The van der Waals surface area contributed by atoms with Gasteiger partial charge in [-0.2, -0.15) is 0 Å². The van der Waals surface area contributed by atoms with Crippen LogP contribution in [-0.2, 0) is 7.05 Å². The van der Waals surface area contributed by atoms with E-state index in [1.807, 2.05) is 0 Å². The second-order valence-electron chi connectivity index (χ2n) is 3.99. The van der Waals surface area contributed by atoms with Crippen LogP contribution in [0.4, 0.5) is 8.78 Å². The quantitative estimate of drug-likeness (QED) is 0.866. The van der Waals surface area contributed by atoms with Crippen molar-refractivity contribution in [3.63, 3.8) is 0 Å². The molecule has 98 valence electrons. The Balaban J connectivity index is 2.41. The first kappa shape index (κ1) is 12.9. The van der Waals surface area contributed by atoms with Gasteiger partial charge in [-0.25, -0.2) is 13.6 Å². The number of benzene rings is 1. The Labute approximate surface area is 106 Å². The number of halogens is 2. The summed E-state index contributed by atoms with van der Waals surface area (Å²) < 4.78 is 27.1. The van der Waals surface area contributed by atoms with E-state index < -0.39 is 23.4 Å². The molecule has 0 unspecified atom stereocenters. The number of rotatable bonds is 3. The molecule has 0 saturated heterocycles. The molecule has 0 fully saturated rings. The summed E-state index contributed by atoms with van der Waals surface area (Å²) in [6.45, 7) is 0. The molecule has 6 heteroatoms. The summed E-state index contributed by atoms with van der Waals surface area (Å²) in [5.41, 5.74) is -0.00159. The molecule has 0 radical (unpaired) electrons. The number of aryl methyl sites for hydroxylation is 1. The van der Waals surface area contributed by atoms with Gasteiger partial charge in [0.25, 0.3) is 0 Å². The number of carboxylic acids is 1. The number of carbonyl (C=O) groups excluding carboxylic acids is 1. The second-order valence-corrected chi connectivity index (χ2v) is 3.99. The fourth-order valence-corrected chi connectivity index (χ4v) is 1.71. The number of aromatic carboxylic acids is 1. The lowest BCUT2D eigenvalue weighted by Crippen LogP contribution is -2.02. The number of aromatic nitrogens is 1. The first-order valence-electron chi connectivity index (χ1n) is 5.29. The van der Waals surface area contributed by atoms with Crippen LogP contribution in [0.5, 0.6) is 0 Å². The van der Waals surface area contributed by atoms with E-state index in [2.05, 4.69) is 0 Å². The van der Waals surface area contributed by atoms with E-state index in [1.165, 1.54) is 23.9 Å². The Kier molecular flexibility index (Phi) is 3.16. The predicted octanol–water partition coefficient (Wildman–Crippen LogP) is 2.23. The van der Waals surface area contributed by atoms with Crippen molar-refractivity contribution in [2.75, 3.05) is 0 Å². The average Bonchev–Trinajstić information content (AvgIpc) is 2.74. The maximum absolute atomic E-state index is 13.0. The lowest BCUT2D eigenvalue weighted by atomic mass is 10.1. The Bertz CT molecular complexity index is 677. The average molecular weight is 265 g/mol. The zero-order valence-corrected chi connectivity index (χ0v) is 9.85. The summed E-state index contributed by atoms with van der Waals surface area (Å²) in [5.74, 6) is -3.91. The zero-order valence-electron chi connectivity index (χ0n) is 9.85. The summed E-state index contributed by atoms with van der Waals surface area (Å²) in [6.07, 6.45) is 1.33. The summed E-state index contributed by atoms with van der Waals surface area (Å²) >= 11 is 0. The van der Waals surface area contributed by atoms with Gasteiger partial charge in [0.15, 0.2) is 17.4 Å². The normalized spacial score (nSPS) is 10.5. The minimum absolute atomic E-state index is 0.0403. The van der Waals surface area contributed by atoms with Gasteiger partial charge in [-0.1, -0.05) is 0 Å². The van der Waals surface area contributed by atoms with Gasteiger partial charge in [0.2, 0.25) is 0 Å². The van der Waals surface area contributed by atoms with E-state index in [0.29, 0.717) is 0 Å². The van der Waals surface area contributed by atoms with Crippen molar-refractivity contribution in [2.24, 2.45) is 7.05 Å². The molecular weight excluding hydrogens is 256 g/mol. The fraction of sp³-hybridized carbons (Fsp3) is 0.0769. The van der Waals surface area contributed by atoms with Gasteiger partial charge in [-0.3, -0.25) is 4.79 Å². The molecule has 1 aromatic carbocycles. The highest BCUT2D eigenvalue weighted by molar-refractivity contribution is 6.09. The van der Waals surface area contributed by atoms with E-state index in [1.54, 1.807) is 0 Å². The van der Waals surface area contributed by atoms with Gasteiger partial charge in [0.1, 0.15) is 5.69 Å². The number of hydrogen-bond donors (Lipinski definition) is 1. The van der Waals surface area contributed by atoms with Crippen LogP contribution in [0.3, 0.4) is 0 Å². The van der Waals surface area contributed by atoms with Crippen LogP contribution in [0.15, 0.2) is 30.5 Å². The van der Waals surface area contributed by atoms with Crippen LogP contribution in [0.1, 0.15) is 26.4 Å². The summed E-state index contributed by atoms with van der Waals surface area (Å²) in [7, 11) is 1.48. The molecule has 1 N–H and O–H groups in total. The molecular formula is C13H9F2NO3. The highest BCUT2D eigenvalue weighted by Gasteiger charge is 2.17. The maximum Gasteiger partial charge on any atom is 0.352 e. The monoisotopic (exact) mass is 265 g/mol. The lowest BCUT2D eigenvalue weighted by Gasteiger charge is -1.99. The highest BCUT2D eigenvalue weighted by Crippen LogP contribution is 2.15. The summed E-state index contributed by atoms with van der Waals surface area (Å²) in [5, 5.41) is 8.87. The minimum Gasteiger partial charge on any atom is -0.477 e. The van der Waals surface area contributed by atoms with Gasteiger partial charge in [-0.15, -0.1) is 0 Å². The first-order valence-corrected chi connectivity index (χ1v) is 5.29. The number of hydrogen-bond acceptors (Lipinski definition) is 2. The van der Waals surface area contributed by atoms with Crippen molar-refractivity contribution in [3.8, 4) is 0 Å². The minimum atomic E-state index is -1.17. The van der Waals surface area contributed by atoms with Gasteiger partial charge in [0.05, 0.1) is 0 Å². The second kappa shape index (κ2) is 4.64. The number of nitrogens with zero attached hydrogens (tertiary/aromatic N) is 1. The third-order valence-electron chi connectivity index (χ3n) is 2.67. The van der Waals surface area contributed by atoms with Crippen LogP contribution < -0.4 is 0 Å². The third kappa shape index (κ3) is 2.37. The van der Waals surface area contributed by atoms with Crippen LogP contribution in [0, 0.1) is 11.6 Å². The zero-order chi connectivity index (χ0) is 14.2. The van der Waals surface area contributed by atoms with Crippen molar-refractivity contribution in [3.05, 3.63) is 58.9 Å². The molecule has 4 nitrogen and oxygen atoms in total. The lowest BCUT2D eigenvalue weighted by molar-refractivity contribution is 0.0686. The number of ketones is 1. The van der Waals surface area contributed by atoms with Crippen LogP contribution in [0.2, 0.25) is 0 Å². The van der Waals surface area contributed by atoms with E-state index >= 15 is 0 Å². The van der Waals surface area contributed by atoms with Gasteiger partial charge >= 0.3 is 5.97 Å². The van der Waals surface area contributed by atoms with Gasteiger partial charge in [0, 0.05) is 24.4 Å². The smallest absolute Gasteiger partial charge is 0.352 e. The molecule has 2 rings (SSSR count). The Hall–Kier alpha value is -2.50. The summed E-state index contributed by atoms with van der Waals surface area (Å²) in [4.78, 5) is 22.9. The maximum atomic E-state index is 13.0. The Morgan fingerprint density at radius 2 is 1.79 bits per heavy atom. The van der Waals surface area contributed by atoms with E-state index in [-0.39, 0.29) is 16.8 Å². The largest absolute Gasteiger partial charge is 0.477 e. The molecule has 0 aliphatic heterocycles. The standard InChI is InChI=1S/C13H9F2NO3/c1-16-6-8(5-11(16)13(18)19)12(17)7-2-3-9(14)10(15)4-7/h2-6H,1H3,(H,18,19). The van der Waals surface area contributed by atoms with Crippen LogP contribution in [0.25, 0.3) is 0 Å². The summed E-state index contributed by atoms with van der Waals surface area (Å²) in [6, 6.07) is 3.97. The van der Waals surface area contributed by atoms with E-state index in [0.717, 1.165) is 18.2 Å². The van der Waals surface area contributed by atoms with E-state index in [9.17, 15) is 18.4 Å². The Morgan fingerprint density at radius 3 is 2.32 bits per heavy atom. The molecule has 0 atom stereocenters. The van der Waals surface area contributed by atoms with Crippen molar-refractivity contribution in [1.29, 1.82) is 0 Å². The molecule has 1 heterocycles. The molecule has 0 aliphatic carbocycles. The molecule has 19 heavy (non-hydrogen) atoms. The predicted molar refractivity (Wildman–Crippen MR) is 62.2 cm³/mol. The molecule has 0 spiro atoms. The van der Waals surface area contributed by atoms with Crippen molar-refractivity contribution >= 4 is 11.8 Å².